The van der Waals surface area contributed by atoms with Gasteiger partial charge in [0, 0.05) is 31.2 Å². The quantitative estimate of drug-likeness (QED) is 0.873. The molecule has 1 aromatic carbocycles. The van der Waals surface area contributed by atoms with E-state index in [4.69, 9.17) is 0 Å². The van der Waals surface area contributed by atoms with E-state index in [-0.39, 0.29) is 24.1 Å². The number of likely N-dealkylation sites (N-methyl/N-ethyl adjacent to an activating group) is 1. The van der Waals surface area contributed by atoms with Gasteiger partial charge in [-0.05, 0) is 38.2 Å². The predicted octanol–water partition coefficient (Wildman–Crippen LogP) is 1.87. The summed E-state index contributed by atoms with van der Waals surface area (Å²) in [4.78, 5) is 14.0. The maximum atomic E-state index is 13.0. The van der Waals surface area contributed by atoms with Crippen LogP contribution in [0.25, 0.3) is 0 Å². The van der Waals surface area contributed by atoms with Crippen LogP contribution < -0.4 is 10.6 Å². The molecule has 1 aromatic rings. The smallest absolute Gasteiger partial charge is 0.225 e. The summed E-state index contributed by atoms with van der Waals surface area (Å²) < 4.78 is 13.0. The maximum absolute atomic E-state index is 13.0. The van der Waals surface area contributed by atoms with Crippen molar-refractivity contribution in [3.8, 4) is 0 Å². The first-order chi connectivity index (χ1) is 9.15. The van der Waals surface area contributed by atoms with Gasteiger partial charge in [0.15, 0.2) is 0 Å². The fraction of sp³-hybridized carbons (Fsp3) is 0.500. The Balaban J connectivity index is 0.00000200. The van der Waals surface area contributed by atoms with Gasteiger partial charge in [-0.2, -0.15) is 0 Å². The van der Waals surface area contributed by atoms with E-state index in [1.165, 1.54) is 12.1 Å². The second kappa shape index (κ2) is 8.19. The van der Waals surface area contributed by atoms with Gasteiger partial charge in [0.2, 0.25) is 5.91 Å². The number of nitrogens with zero attached hydrogens (tertiary/aromatic N) is 1. The lowest BCUT2D eigenvalue weighted by Gasteiger charge is -2.22. The fourth-order valence-electron chi connectivity index (χ4n) is 2.27. The third-order valence-corrected chi connectivity index (χ3v) is 3.46. The Morgan fingerprint density at radius 3 is 3.00 bits per heavy atom. The van der Waals surface area contributed by atoms with Crippen LogP contribution in [0.4, 0.5) is 10.1 Å². The van der Waals surface area contributed by atoms with Gasteiger partial charge in [-0.1, -0.05) is 6.07 Å². The molecule has 0 aliphatic carbocycles. The summed E-state index contributed by atoms with van der Waals surface area (Å²) in [5.41, 5.74) is 0.509. The van der Waals surface area contributed by atoms with Crippen molar-refractivity contribution in [2.24, 2.45) is 0 Å². The summed E-state index contributed by atoms with van der Waals surface area (Å²) in [5.74, 6) is -0.421. The maximum Gasteiger partial charge on any atom is 0.225 e. The summed E-state index contributed by atoms with van der Waals surface area (Å²) in [6.07, 6.45) is 1.55. The van der Waals surface area contributed by atoms with E-state index in [1.807, 2.05) is 7.05 Å². The lowest BCUT2D eigenvalue weighted by molar-refractivity contribution is -0.116. The topological polar surface area (TPSA) is 44.4 Å². The van der Waals surface area contributed by atoms with Gasteiger partial charge >= 0.3 is 0 Å². The Labute approximate surface area is 125 Å². The second-order valence-electron chi connectivity index (χ2n) is 4.94. The van der Waals surface area contributed by atoms with Crippen LogP contribution in [0, 0.1) is 5.82 Å². The van der Waals surface area contributed by atoms with E-state index in [2.05, 4.69) is 15.5 Å². The molecule has 1 fully saturated rings. The monoisotopic (exact) mass is 301 g/mol. The highest BCUT2D eigenvalue weighted by Crippen LogP contribution is 2.10. The highest BCUT2D eigenvalue weighted by Gasteiger charge is 2.19. The van der Waals surface area contributed by atoms with E-state index >= 15 is 0 Å². The molecule has 1 aliphatic rings. The first-order valence-electron chi connectivity index (χ1n) is 6.61. The number of rotatable bonds is 5. The number of amides is 1. The number of anilines is 1. The van der Waals surface area contributed by atoms with Crippen molar-refractivity contribution in [1.82, 2.24) is 10.2 Å². The van der Waals surface area contributed by atoms with E-state index < -0.39 is 0 Å². The van der Waals surface area contributed by atoms with E-state index in [1.54, 1.807) is 12.1 Å². The third kappa shape index (κ3) is 5.07. The van der Waals surface area contributed by atoms with Crippen LogP contribution in [0.2, 0.25) is 0 Å². The molecular formula is C14H21ClFN3O. The Hall–Kier alpha value is -1.17. The molecule has 0 aromatic heterocycles. The van der Waals surface area contributed by atoms with Crippen molar-refractivity contribution in [2.75, 3.05) is 32.0 Å². The standard InChI is InChI=1S/C14H20FN3O.ClH/c1-18(13-5-7-16-10-13)8-6-14(19)17-12-4-2-3-11(15)9-12;/h2-4,9,13,16H,5-8,10H2,1H3,(H,17,19);1H. The molecular weight excluding hydrogens is 281 g/mol. The summed E-state index contributed by atoms with van der Waals surface area (Å²) in [7, 11) is 2.03. The van der Waals surface area contributed by atoms with Crippen LogP contribution >= 0.6 is 12.4 Å². The van der Waals surface area contributed by atoms with Crippen LogP contribution in [0.1, 0.15) is 12.8 Å². The summed E-state index contributed by atoms with van der Waals surface area (Å²) in [5, 5.41) is 6.01. The SMILES string of the molecule is CN(CCC(=O)Nc1cccc(F)c1)C1CCNC1.Cl. The van der Waals surface area contributed by atoms with Crippen LogP contribution in [0.15, 0.2) is 24.3 Å². The van der Waals surface area contributed by atoms with Gasteiger partial charge in [-0.3, -0.25) is 4.79 Å². The molecule has 1 amide bonds. The molecule has 1 saturated heterocycles. The minimum absolute atomic E-state index is 0. The molecule has 1 aliphatic heterocycles. The van der Waals surface area contributed by atoms with Crippen LogP contribution in [-0.4, -0.2) is 43.5 Å². The first-order valence-corrected chi connectivity index (χ1v) is 6.61. The molecule has 1 unspecified atom stereocenters. The average Bonchev–Trinajstić information content (AvgIpc) is 2.90. The molecule has 4 nitrogen and oxygen atoms in total. The van der Waals surface area contributed by atoms with E-state index in [9.17, 15) is 9.18 Å². The number of halogens is 2. The normalized spacial score (nSPS) is 17.9. The van der Waals surface area contributed by atoms with Crippen LogP contribution in [0.5, 0.6) is 0 Å². The summed E-state index contributed by atoms with van der Waals surface area (Å²) >= 11 is 0. The van der Waals surface area contributed by atoms with Gasteiger partial charge < -0.3 is 15.5 Å². The molecule has 112 valence electrons. The molecule has 1 atom stereocenters. The number of hydrogen-bond donors (Lipinski definition) is 2. The first kappa shape index (κ1) is 16.9. The van der Waals surface area contributed by atoms with Gasteiger partial charge in [0.1, 0.15) is 5.82 Å². The number of carbonyl (C=O) groups excluding carboxylic acids is 1. The van der Waals surface area contributed by atoms with Crippen LogP contribution in [-0.2, 0) is 4.79 Å². The Kier molecular flexibility index (Phi) is 6.91. The molecule has 0 spiro atoms. The Bertz CT molecular complexity index is 438. The Morgan fingerprint density at radius 2 is 2.35 bits per heavy atom. The van der Waals surface area contributed by atoms with E-state index in [0.29, 0.717) is 24.7 Å². The highest BCUT2D eigenvalue weighted by atomic mass is 35.5. The van der Waals surface area contributed by atoms with Crippen molar-refractivity contribution in [1.29, 1.82) is 0 Å². The lowest BCUT2D eigenvalue weighted by Crippen LogP contribution is -2.35. The van der Waals surface area contributed by atoms with Gasteiger partial charge in [-0.25, -0.2) is 4.39 Å². The fourth-order valence-corrected chi connectivity index (χ4v) is 2.27. The lowest BCUT2D eigenvalue weighted by atomic mass is 10.2. The van der Waals surface area contributed by atoms with Crippen molar-refractivity contribution in [3.63, 3.8) is 0 Å². The minimum atomic E-state index is -0.341. The molecule has 1 heterocycles. The predicted molar refractivity (Wildman–Crippen MR) is 80.8 cm³/mol. The molecule has 0 bridgehead atoms. The largest absolute Gasteiger partial charge is 0.326 e. The molecule has 6 heteroatoms. The summed E-state index contributed by atoms with van der Waals surface area (Å²) in [6.45, 7) is 2.75. The van der Waals surface area contributed by atoms with Crippen molar-refractivity contribution < 1.29 is 9.18 Å². The number of hydrogen-bond acceptors (Lipinski definition) is 3. The molecule has 0 saturated carbocycles. The average molecular weight is 302 g/mol. The zero-order valence-corrected chi connectivity index (χ0v) is 12.4. The number of carbonyl (C=O) groups is 1. The van der Waals surface area contributed by atoms with Gasteiger partial charge in [-0.15, -0.1) is 12.4 Å². The number of nitrogens with one attached hydrogen (secondary N) is 2. The third-order valence-electron chi connectivity index (χ3n) is 3.46. The number of benzene rings is 1. The van der Waals surface area contributed by atoms with Crippen molar-refractivity contribution in [2.45, 2.75) is 18.9 Å². The second-order valence-corrected chi connectivity index (χ2v) is 4.94. The minimum Gasteiger partial charge on any atom is -0.326 e. The van der Waals surface area contributed by atoms with Gasteiger partial charge in [0.05, 0.1) is 0 Å². The van der Waals surface area contributed by atoms with Crippen molar-refractivity contribution >= 4 is 24.0 Å². The Morgan fingerprint density at radius 1 is 1.55 bits per heavy atom. The molecule has 2 rings (SSSR count). The molecule has 20 heavy (non-hydrogen) atoms. The van der Waals surface area contributed by atoms with Gasteiger partial charge in [0.25, 0.3) is 0 Å². The zero-order valence-electron chi connectivity index (χ0n) is 11.6. The highest BCUT2D eigenvalue weighted by molar-refractivity contribution is 5.90. The summed E-state index contributed by atoms with van der Waals surface area (Å²) in [6, 6.07) is 6.47. The van der Waals surface area contributed by atoms with Crippen molar-refractivity contribution in [3.05, 3.63) is 30.1 Å². The van der Waals surface area contributed by atoms with E-state index in [0.717, 1.165) is 19.5 Å². The molecule has 0 radical (unpaired) electrons. The molecule has 2 N–H and O–H groups in total. The zero-order chi connectivity index (χ0) is 13.7. The van der Waals surface area contributed by atoms with Crippen LogP contribution in [0.3, 0.4) is 0 Å².